The van der Waals surface area contributed by atoms with Crippen molar-refractivity contribution in [3.8, 4) is 0 Å². The molecule has 1 heterocycles. The minimum atomic E-state index is -0.558. The number of nitrogens with zero attached hydrogens (tertiary/aromatic N) is 1. The molecule has 1 aliphatic rings. The van der Waals surface area contributed by atoms with Crippen molar-refractivity contribution < 1.29 is 9.59 Å². The molecule has 1 aliphatic heterocycles. The maximum atomic E-state index is 12.5. The quantitative estimate of drug-likeness (QED) is 0.667. The molecule has 0 spiro atoms. The molecule has 2 aromatic rings. The largest absolute Gasteiger partial charge is 0.356 e. The number of hydrogen-bond acceptors (Lipinski definition) is 3. The molecule has 0 atom stereocenters. The monoisotopic (exact) mass is 414 g/mol. The van der Waals surface area contributed by atoms with E-state index in [1.807, 2.05) is 0 Å². The second-order valence-corrected chi connectivity index (χ2v) is 6.83. The van der Waals surface area contributed by atoms with E-state index in [2.05, 4.69) is 5.32 Å². The van der Waals surface area contributed by atoms with Crippen LogP contribution in [0.4, 0.5) is 11.4 Å². The fourth-order valence-electron chi connectivity index (χ4n) is 2.43. The summed E-state index contributed by atoms with van der Waals surface area (Å²) in [5.74, 6) is -1.02. The molecule has 3 rings (SSSR count). The van der Waals surface area contributed by atoms with Crippen molar-refractivity contribution in [1.29, 1.82) is 0 Å². The maximum absolute atomic E-state index is 12.5. The Kier molecular flexibility index (Phi) is 5.25. The first-order chi connectivity index (χ1) is 11.9. The number of imide groups is 1. The highest BCUT2D eigenvalue weighted by atomic mass is 35.5. The molecule has 8 heteroatoms. The second kappa shape index (κ2) is 7.26. The smallest absolute Gasteiger partial charge is 0.259 e. The van der Waals surface area contributed by atoms with Gasteiger partial charge in [0.1, 0.15) is 0 Å². The summed E-state index contributed by atoms with van der Waals surface area (Å²) in [6.07, 6.45) is 1.23. The molecule has 0 aromatic heterocycles. The van der Waals surface area contributed by atoms with Gasteiger partial charge in [-0.15, -0.1) is 0 Å². The Labute approximate surface area is 163 Å². The fraction of sp³-hybridized carbons (Fsp3) is 0.0588. The van der Waals surface area contributed by atoms with Crippen molar-refractivity contribution in [3.05, 3.63) is 68.3 Å². The highest BCUT2D eigenvalue weighted by Crippen LogP contribution is 2.37. The van der Waals surface area contributed by atoms with Gasteiger partial charge >= 0.3 is 0 Å². The number of carbonyl (C=O) groups excluding carboxylic acids is 2. The van der Waals surface area contributed by atoms with Gasteiger partial charge in [0.25, 0.3) is 5.91 Å². The molecule has 0 aliphatic carbocycles. The van der Waals surface area contributed by atoms with E-state index < -0.39 is 11.8 Å². The SMILES string of the molecule is O=C1C=C(Nc2c(Cl)cccc2Cl)CC(=O)N1c1c(Cl)cccc1Cl. The Bertz CT molecular complexity index is 871. The lowest BCUT2D eigenvalue weighted by atomic mass is 10.1. The van der Waals surface area contributed by atoms with Crippen LogP contribution >= 0.6 is 46.4 Å². The molecule has 0 unspecified atom stereocenters. The normalized spacial score (nSPS) is 14.6. The molecule has 0 fully saturated rings. The van der Waals surface area contributed by atoms with E-state index in [4.69, 9.17) is 46.4 Å². The fourth-order valence-corrected chi connectivity index (χ4v) is 3.48. The summed E-state index contributed by atoms with van der Waals surface area (Å²) in [7, 11) is 0. The number of halogens is 4. The average molecular weight is 416 g/mol. The first-order valence-electron chi connectivity index (χ1n) is 7.11. The Balaban J connectivity index is 1.93. The van der Waals surface area contributed by atoms with Crippen LogP contribution in [0.25, 0.3) is 0 Å². The van der Waals surface area contributed by atoms with Gasteiger partial charge in [0.2, 0.25) is 5.91 Å². The molecule has 128 valence electrons. The van der Waals surface area contributed by atoms with Gasteiger partial charge in [0.15, 0.2) is 0 Å². The number of anilines is 2. The molecule has 0 radical (unpaired) electrons. The van der Waals surface area contributed by atoms with E-state index in [-0.39, 0.29) is 22.2 Å². The third-order valence-electron chi connectivity index (χ3n) is 3.52. The topological polar surface area (TPSA) is 49.4 Å². The number of nitrogens with one attached hydrogen (secondary N) is 1. The van der Waals surface area contributed by atoms with Crippen molar-refractivity contribution in [2.24, 2.45) is 0 Å². The zero-order valence-corrected chi connectivity index (χ0v) is 15.5. The highest BCUT2D eigenvalue weighted by molar-refractivity contribution is 6.42. The highest BCUT2D eigenvalue weighted by Gasteiger charge is 2.31. The number of para-hydroxylation sites is 2. The van der Waals surface area contributed by atoms with Crippen LogP contribution in [0.5, 0.6) is 0 Å². The molecule has 2 amide bonds. The van der Waals surface area contributed by atoms with Crippen molar-refractivity contribution in [1.82, 2.24) is 0 Å². The summed E-state index contributed by atoms with van der Waals surface area (Å²) < 4.78 is 0. The molecule has 0 saturated heterocycles. The van der Waals surface area contributed by atoms with Crippen LogP contribution in [0.15, 0.2) is 48.2 Å². The summed E-state index contributed by atoms with van der Waals surface area (Å²) in [6, 6.07) is 9.75. The Hall–Kier alpha value is -1.72. The van der Waals surface area contributed by atoms with E-state index in [9.17, 15) is 9.59 Å². The Morgan fingerprint density at radius 1 is 0.840 bits per heavy atom. The van der Waals surface area contributed by atoms with Crippen molar-refractivity contribution >= 4 is 69.6 Å². The first kappa shape index (κ1) is 18.1. The van der Waals surface area contributed by atoms with Crippen LogP contribution in [0.3, 0.4) is 0 Å². The number of benzene rings is 2. The third-order valence-corrected chi connectivity index (χ3v) is 4.76. The number of amides is 2. The average Bonchev–Trinajstić information content (AvgIpc) is 2.53. The summed E-state index contributed by atoms with van der Waals surface area (Å²) in [6.45, 7) is 0. The van der Waals surface area contributed by atoms with E-state index in [0.717, 1.165) is 4.90 Å². The van der Waals surface area contributed by atoms with Crippen molar-refractivity contribution in [2.45, 2.75) is 6.42 Å². The van der Waals surface area contributed by atoms with E-state index in [0.29, 0.717) is 21.4 Å². The van der Waals surface area contributed by atoms with Gasteiger partial charge in [-0.05, 0) is 24.3 Å². The lowest BCUT2D eigenvalue weighted by molar-refractivity contribution is -0.124. The first-order valence-corrected chi connectivity index (χ1v) is 8.62. The predicted molar refractivity (Wildman–Crippen MR) is 102 cm³/mol. The second-order valence-electron chi connectivity index (χ2n) is 5.21. The molecule has 0 saturated carbocycles. The van der Waals surface area contributed by atoms with Gasteiger partial charge in [-0.1, -0.05) is 58.5 Å². The van der Waals surface area contributed by atoms with Crippen molar-refractivity contribution in [2.75, 3.05) is 10.2 Å². The van der Waals surface area contributed by atoms with Crippen molar-refractivity contribution in [3.63, 3.8) is 0 Å². The number of hydrogen-bond donors (Lipinski definition) is 1. The van der Waals surface area contributed by atoms with Crippen LogP contribution < -0.4 is 10.2 Å². The predicted octanol–water partition coefficient (Wildman–Crippen LogP) is 5.56. The van der Waals surface area contributed by atoms with Crippen LogP contribution in [-0.4, -0.2) is 11.8 Å². The lowest BCUT2D eigenvalue weighted by Crippen LogP contribution is -2.40. The van der Waals surface area contributed by atoms with Gasteiger partial charge in [-0.2, -0.15) is 0 Å². The molecule has 2 aromatic carbocycles. The Morgan fingerprint density at radius 2 is 1.36 bits per heavy atom. The Morgan fingerprint density at radius 3 is 1.88 bits per heavy atom. The van der Waals surface area contributed by atoms with Crippen LogP contribution in [0.1, 0.15) is 6.42 Å². The van der Waals surface area contributed by atoms with E-state index in [1.54, 1.807) is 36.4 Å². The molecule has 25 heavy (non-hydrogen) atoms. The standard InChI is InChI=1S/C17H10Cl4N2O2/c18-10-3-1-4-11(19)16(10)22-9-7-14(24)23(15(25)8-9)17-12(20)5-2-6-13(17)21/h1-7,22H,8H2. The summed E-state index contributed by atoms with van der Waals surface area (Å²) in [4.78, 5) is 26.0. The molecular formula is C17H10Cl4N2O2. The van der Waals surface area contributed by atoms with Crippen LogP contribution in [0, 0.1) is 0 Å². The molecule has 4 nitrogen and oxygen atoms in total. The van der Waals surface area contributed by atoms with Crippen LogP contribution in [-0.2, 0) is 9.59 Å². The summed E-state index contributed by atoms with van der Waals surface area (Å²) >= 11 is 24.4. The van der Waals surface area contributed by atoms with Gasteiger partial charge in [-0.25, -0.2) is 4.90 Å². The molecular weight excluding hydrogens is 406 g/mol. The van der Waals surface area contributed by atoms with Gasteiger partial charge < -0.3 is 5.32 Å². The zero-order valence-electron chi connectivity index (χ0n) is 12.5. The van der Waals surface area contributed by atoms with E-state index in [1.165, 1.54) is 6.08 Å². The third kappa shape index (κ3) is 3.62. The minimum absolute atomic E-state index is 0.0607. The zero-order chi connectivity index (χ0) is 18.1. The number of rotatable bonds is 3. The van der Waals surface area contributed by atoms with Crippen LogP contribution in [0.2, 0.25) is 20.1 Å². The molecule has 1 N–H and O–H groups in total. The van der Waals surface area contributed by atoms with Gasteiger partial charge in [0, 0.05) is 11.8 Å². The summed E-state index contributed by atoms with van der Waals surface area (Å²) in [5, 5.41) is 4.13. The maximum Gasteiger partial charge on any atom is 0.259 e. The van der Waals surface area contributed by atoms with E-state index >= 15 is 0 Å². The van der Waals surface area contributed by atoms with Gasteiger partial charge in [0.05, 0.1) is 37.9 Å². The number of carbonyl (C=O) groups is 2. The summed E-state index contributed by atoms with van der Waals surface area (Å²) in [5.41, 5.74) is 0.984. The minimum Gasteiger partial charge on any atom is -0.356 e. The molecule has 0 bridgehead atoms. The van der Waals surface area contributed by atoms with Gasteiger partial charge in [-0.3, -0.25) is 9.59 Å². The lowest BCUT2D eigenvalue weighted by Gasteiger charge is -2.27.